The Morgan fingerprint density at radius 1 is 0.453 bits per heavy atom. The monoisotopic (exact) mass is 1420 g/mol. The van der Waals surface area contributed by atoms with Crippen LogP contribution in [0.25, 0.3) is 48.8 Å². The van der Waals surface area contributed by atoms with Crippen molar-refractivity contribution in [2.75, 3.05) is 13.1 Å². The Bertz CT molecular complexity index is 3850. The van der Waals surface area contributed by atoms with Crippen LogP contribution in [0.3, 0.4) is 0 Å². The average Bonchev–Trinajstić information content (AvgIpc) is 1.51. The molecule has 95 heavy (non-hydrogen) atoms. The normalized spacial score (nSPS) is 19.7. The molecule has 14 heteroatoms. The van der Waals surface area contributed by atoms with Gasteiger partial charge < -0.3 is 0 Å². The van der Waals surface area contributed by atoms with Crippen LogP contribution >= 0.6 is 68.0 Å². The number of unbranched alkanes of at least 4 members (excludes halogenated alkanes) is 18. The van der Waals surface area contributed by atoms with E-state index in [2.05, 4.69) is 104 Å². The Balaban J connectivity index is 1.02. The fraction of sp³-hybridized carbons (Fsp3) is 0.580. The van der Waals surface area contributed by atoms with Gasteiger partial charge in [-0.1, -0.05) is 240 Å². The minimum atomic E-state index is -2.90. The number of thiophene rings is 6. The zero-order valence-electron chi connectivity index (χ0n) is 59.1. The maximum Gasteiger partial charge on any atom is 0.263 e. The lowest BCUT2D eigenvalue weighted by Gasteiger charge is -2.35. The van der Waals surface area contributed by atoms with E-state index >= 15 is 9.59 Å². The number of rotatable bonds is 38. The molecule has 0 bridgehead atoms. The van der Waals surface area contributed by atoms with Gasteiger partial charge in [0.15, 0.2) is 8.07 Å². The van der Waals surface area contributed by atoms with Crippen molar-refractivity contribution >= 4 is 134 Å². The maximum absolute atomic E-state index is 15.8. The molecule has 1 fully saturated rings. The Kier molecular flexibility index (Phi) is 23.7. The van der Waals surface area contributed by atoms with Crippen LogP contribution in [0.15, 0.2) is 48.5 Å². The summed E-state index contributed by atoms with van der Waals surface area (Å²) in [5.74, 6) is 0.854. The van der Waals surface area contributed by atoms with Gasteiger partial charge in [-0.2, -0.15) is 0 Å². The van der Waals surface area contributed by atoms with E-state index in [-0.39, 0.29) is 23.6 Å². The largest absolute Gasteiger partial charge is 0.274 e. The Hall–Kier alpha value is -3.87. The first-order chi connectivity index (χ1) is 46.3. The molecule has 1 saturated carbocycles. The zero-order valence-corrected chi connectivity index (χ0v) is 66.0. The van der Waals surface area contributed by atoms with Crippen LogP contribution in [0.2, 0.25) is 17.6 Å². The maximum atomic E-state index is 15.8. The van der Waals surface area contributed by atoms with Crippen molar-refractivity contribution in [3.8, 4) is 48.8 Å². The smallest absolute Gasteiger partial charge is 0.263 e. The number of amides is 4. The summed E-state index contributed by atoms with van der Waals surface area (Å²) in [6.45, 7) is 21.5. The standard InChI is InChI=1S/C81H108N2O4S6Si2/c1-10-17-23-26-29-32-44-82-78(84)67-54(9)89-71(68(67)79(82)85)60-50-65-76(90-60)77-66(95(65,52-55(16-7)35-20-13-4)58-41-38-56(39-42-58)36-21-14-5)51-62(92-77)73-70-69(80(86)83(81(70)87)45-33-30-27-24-18-11-2)72(93-73)61-49-64-75(91-61)74-63(47-53(8)88-74)94(64,46-34-31-28-25-19-12-3)59-43-40-57(48-59)37-22-15-6/h38-39,41-42,47,49-51,55,57,59H,10-37,40,43-46,48,52H2,1-9H3. The molecule has 5 unspecified atom stereocenters. The van der Waals surface area contributed by atoms with Crippen molar-refractivity contribution < 1.29 is 19.2 Å². The third-order valence-corrected chi connectivity index (χ3v) is 42.1. The van der Waals surface area contributed by atoms with Crippen LogP contribution in [-0.4, -0.2) is 62.7 Å². The summed E-state index contributed by atoms with van der Waals surface area (Å²) in [5, 5.41) is 7.71. The molecule has 4 aliphatic heterocycles. The molecule has 0 spiro atoms. The number of carbonyl (C=O) groups excluding carboxylic acids is 4. The first kappa shape index (κ1) is 71.0. The van der Waals surface area contributed by atoms with Crippen LogP contribution in [0.4, 0.5) is 0 Å². The van der Waals surface area contributed by atoms with Crippen LogP contribution in [0.1, 0.15) is 298 Å². The SMILES string of the molecule is CCCCCCCCN1C(=O)c2c(C)sc(-c3cc4c(s3)-c3sc(-c5sc(-c6cc7c(s6)-c6sc(C)cc6[Si]7(CCCCCCCC)C6CCC(CCCC)C6)c6c5C(=O)N(CCCCCCCC)C6=O)cc3[Si]4(CC(CC)CCCC)c3ccc(CCCC)cc3)c2C1=O. The van der Waals surface area contributed by atoms with Crippen molar-refractivity contribution in [2.45, 2.75) is 279 Å². The quantitative estimate of drug-likeness (QED) is 0.0220. The second kappa shape index (κ2) is 31.8. The number of fused-ring (bicyclic) bond motifs is 8. The van der Waals surface area contributed by atoms with E-state index in [1.165, 1.54) is 185 Å². The number of hydrogen-bond donors (Lipinski definition) is 0. The third-order valence-electron chi connectivity index (χ3n) is 22.8. The fourth-order valence-corrected chi connectivity index (χ4v) is 40.1. The van der Waals surface area contributed by atoms with E-state index in [9.17, 15) is 9.59 Å². The second-order valence-electron chi connectivity index (χ2n) is 29.3. The van der Waals surface area contributed by atoms with E-state index in [0.29, 0.717) is 41.3 Å². The van der Waals surface area contributed by atoms with Crippen LogP contribution < -0.4 is 25.9 Å². The van der Waals surface area contributed by atoms with Crippen molar-refractivity contribution in [3.05, 3.63) is 86.1 Å². The van der Waals surface area contributed by atoms with E-state index in [1.807, 2.05) is 52.3 Å². The van der Waals surface area contributed by atoms with Crippen molar-refractivity contribution in [1.82, 2.24) is 9.80 Å². The summed E-state index contributed by atoms with van der Waals surface area (Å²) < 4.78 is 0. The van der Waals surface area contributed by atoms with Crippen LogP contribution in [0.5, 0.6) is 0 Å². The van der Waals surface area contributed by atoms with E-state index < -0.39 is 16.1 Å². The molecule has 1 aromatic carbocycles. The van der Waals surface area contributed by atoms with Crippen molar-refractivity contribution in [3.63, 3.8) is 0 Å². The molecule has 6 nitrogen and oxygen atoms in total. The summed E-state index contributed by atoms with van der Waals surface area (Å²) in [5.41, 5.74) is 4.62. The molecule has 510 valence electrons. The van der Waals surface area contributed by atoms with E-state index in [4.69, 9.17) is 0 Å². The number of hydrogen-bond acceptors (Lipinski definition) is 10. The Labute approximate surface area is 596 Å². The highest BCUT2D eigenvalue weighted by atomic mass is 32.1. The first-order valence-electron chi connectivity index (χ1n) is 38.0. The Morgan fingerprint density at radius 2 is 0.916 bits per heavy atom. The predicted octanol–water partition coefficient (Wildman–Crippen LogP) is 22.9. The van der Waals surface area contributed by atoms with Gasteiger partial charge in [-0.25, -0.2) is 0 Å². The lowest BCUT2D eigenvalue weighted by atomic mass is 10.0. The van der Waals surface area contributed by atoms with E-state index in [1.54, 1.807) is 42.8 Å². The number of benzene rings is 1. The van der Waals surface area contributed by atoms with Gasteiger partial charge in [0.2, 0.25) is 0 Å². The highest BCUT2D eigenvalue weighted by Gasteiger charge is 2.56. The topological polar surface area (TPSA) is 74.8 Å². The number of carbonyl (C=O) groups is 4. The summed E-state index contributed by atoms with van der Waals surface area (Å²) in [7, 11) is -5.17. The van der Waals surface area contributed by atoms with Gasteiger partial charge in [0.05, 0.1) is 36.9 Å². The Morgan fingerprint density at radius 3 is 1.46 bits per heavy atom. The summed E-state index contributed by atoms with van der Waals surface area (Å²) in [4.78, 5) is 78.2. The van der Waals surface area contributed by atoms with Gasteiger partial charge >= 0.3 is 0 Å². The highest BCUT2D eigenvalue weighted by Crippen LogP contribution is 2.57. The molecule has 0 N–H and O–H groups in total. The predicted molar refractivity (Wildman–Crippen MR) is 419 cm³/mol. The first-order valence-corrected chi connectivity index (χ1v) is 47.4. The molecular weight excluding hydrogens is 1310 g/mol. The van der Waals surface area contributed by atoms with Gasteiger partial charge in [0, 0.05) is 57.0 Å². The summed E-state index contributed by atoms with van der Waals surface area (Å²) >= 11 is 11.1. The lowest BCUT2D eigenvalue weighted by molar-refractivity contribution is 0.0636. The van der Waals surface area contributed by atoms with Gasteiger partial charge in [-0.3, -0.25) is 29.0 Å². The van der Waals surface area contributed by atoms with Gasteiger partial charge in [-0.15, -0.1) is 68.0 Å². The van der Waals surface area contributed by atoms with Crippen molar-refractivity contribution in [2.24, 2.45) is 11.8 Å². The molecule has 7 aromatic rings. The molecule has 6 aromatic heterocycles. The molecular formula is C81H108N2O4S6Si2. The number of imide groups is 2. The second-order valence-corrected chi connectivity index (χ2v) is 44.2. The minimum absolute atomic E-state index is 0.0948. The molecule has 0 radical (unpaired) electrons. The molecule has 1 aliphatic carbocycles. The van der Waals surface area contributed by atoms with Crippen LogP contribution in [-0.2, 0) is 6.42 Å². The van der Waals surface area contributed by atoms with Gasteiger partial charge in [0.1, 0.15) is 8.07 Å². The lowest BCUT2D eigenvalue weighted by Crippen LogP contribution is -2.65. The summed E-state index contributed by atoms with van der Waals surface area (Å²) in [6.07, 6.45) is 36.9. The third kappa shape index (κ3) is 13.6. The van der Waals surface area contributed by atoms with Gasteiger partial charge in [0.25, 0.3) is 23.6 Å². The zero-order chi connectivity index (χ0) is 66.5. The minimum Gasteiger partial charge on any atom is -0.274 e. The molecule has 12 rings (SSSR count). The van der Waals surface area contributed by atoms with E-state index in [0.717, 1.165) is 117 Å². The molecule has 10 heterocycles. The fourth-order valence-electron chi connectivity index (χ4n) is 17.6. The molecule has 5 atom stereocenters. The van der Waals surface area contributed by atoms with Crippen LogP contribution in [0, 0.1) is 25.7 Å². The van der Waals surface area contributed by atoms with Crippen molar-refractivity contribution in [1.29, 1.82) is 0 Å². The number of nitrogens with zero attached hydrogens (tertiary/aromatic N) is 2. The summed E-state index contributed by atoms with van der Waals surface area (Å²) in [6, 6.07) is 22.6. The molecule has 4 amide bonds. The molecule has 5 aliphatic rings. The number of aryl methyl sites for hydroxylation is 3. The highest BCUT2D eigenvalue weighted by molar-refractivity contribution is 7.36. The van der Waals surface area contributed by atoms with Gasteiger partial charge in [-0.05, 0) is 131 Å². The molecule has 0 saturated heterocycles. The average molecular weight is 1420 g/mol.